The third kappa shape index (κ3) is 49.7. The number of allylic oxidation sites excluding steroid dienone is 12. The summed E-state index contributed by atoms with van der Waals surface area (Å²) in [5, 5.41) is 0. The maximum atomic E-state index is 12.8. The molecule has 0 aromatic heterocycles. The largest absolute Gasteiger partial charge is 0.462 e. The van der Waals surface area contributed by atoms with E-state index >= 15 is 0 Å². The predicted molar refractivity (Wildman–Crippen MR) is 270 cm³/mol. The summed E-state index contributed by atoms with van der Waals surface area (Å²) < 4.78 is 16.8. The highest BCUT2D eigenvalue weighted by Crippen LogP contribution is 2.16. The standard InChI is InChI=1S/C57H98O6/c1-4-7-10-13-16-19-22-24-26-28-30-31-33-35-38-41-44-47-50-56(59)62-53-54(52-61-55(58)49-46-43-40-37-21-18-15-12-9-6-3)63-57(60)51-48-45-42-39-36-34-32-29-27-25-23-20-17-14-11-8-5-2/h8,11,14,17,20,23,25,27,29,32,34,36,54H,4-7,9-10,12-13,15-16,18-19,21-22,24,26,28,30-31,33,35,37-53H2,1-3H3/b11-8-,17-14-,23-20-,27-25-,32-29+,36-34-. The Labute approximate surface area is 389 Å². The Hall–Kier alpha value is -3.15. The minimum absolute atomic E-state index is 0.0906. The van der Waals surface area contributed by atoms with Gasteiger partial charge in [-0.25, -0.2) is 0 Å². The van der Waals surface area contributed by atoms with Gasteiger partial charge in [0, 0.05) is 19.3 Å². The van der Waals surface area contributed by atoms with E-state index in [0.29, 0.717) is 19.3 Å². The lowest BCUT2D eigenvalue weighted by Gasteiger charge is -2.18. The molecular weight excluding hydrogens is 781 g/mol. The van der Waals surface area contributed by atoms with Crippen molar-refractivity contribution in [2.45, 2.75) is 258 Å². The van der Waals surface area contributed by atoms with Crippen LogP contribution in [0.2, 0.25) is 0 Å². The topological polar surface area (TPSA) is 78.9 Å². The highest BCUT2D eigenvalue weighted by Gasteiger charge is 2.19. The second-order valence-corrected chi connectivity index (χ2v) is 17.6. The van der Waals surface area contributed by atoms with E-state index in [1.165, 1.54) is 141 Å². The summed E-state index contributed by atoms with van der Waals surface area (Å²) in [6, 6.07) is 0. The predicted octanol–water partition coefficient (Wildman–Crippen LogP) is 17.4. The summed E-state index contributed by atoms with van der Waals surface area (Å²) >= 11 is 0. The molecule has 0 heterocycles. The van der Waals surface area contributed by atoms with E-state index in [2.05, 4.69) is 32.9 Å². The number of unbranched alkanes of at least 4 members (excludes halogenated alkanes) is 29. The molecule has 0 saturated carbocycles. The molecule has 0 saturated heterocycles. The smallest absolute Gasteiger partial charge is 0.306 e. The van der Waals surface area contributed by atoms with Gasteiger partial charge in [0.15, 0.2) is 6.10 Å². The summed E-state index contributed by atoms with van der Waals surface area (Å²) in [5.74, 6) is -0.930. The first-order chi connectivity index (χ1) is 31.0. The SMILES string of the molecule is CC\C=C/C=C\C=C/C=C\C=C\C=C/CCCCCC(=O)OC(COC(=O)CCCCCCCCCCCC)COC(=O)CCCCCCCCCCCCCCCCCCCC. The van der Waals surface area contributed by atoms with Crippen LogP contribution in [0.25, 0.3) is 0 Å². The first-order valence-corrected chi connectivity index (χ1v) is 26.5. The lowest BCUT2D eigenvalue weighted by Crippen LogP contribution is -2.30. The lowest BCUT2D eigenvalue weighted by molar-refractivity contribution is -0.167. The molecule has 0 aromatic rings. The van der Waals surface area contributed by atoms with Crippen molar-refractivity contribution in [3.63, 3.8) is 0 Å². The number of hydrogen-bond donors (Lipinski definition) is 0. The van der Waals surface area contributed by atoms with Crippen molar-refractivity contribution in [3.8, 4) is 0 Å². The van der Waals surface area contributed by atoms with Crippen LogP contribution >= 0.6 is 0 Å². The quantitative estimate of drug-likeness (QED) is 0.0262. The van der Waals surface area contributed by atoms with Crippen LogP contribution in [0.15, 0.2) is 72.9 Å². The number of carbonyl (C=O) groups excluding carboxylic acids is 3. The normalized spacial score (nSPS) is 12.6. The van der Waals surface area contributed by atoms with E-state index in [1.807, 2.05) is 60.8 Å². The van der Waals surface area contributed by atoms with Gasteiger partial charge in [-0.1, -0.05) is 267 Å². The van der Waals surface area contributed by atoms with Crippen LogP contribution in [-0.4, -0.2) is 37.2 Å². The van der Waals surface area contributed by atoms with Crippen molar-refractivity contribution in [2.24, 2.45) is 0 Å². The third-order valence-corrected chi connectivity index (χ3v) is 11.4. The third-order valence-electron chi connectivity index (χ3n) is 11.4. The van der Waals surface area contributed by atoms with Gasteiger partial charge < -0.3 is 14.2 Å². The molecule has 1 unspecified atom stereocenters. The molecule has 6 nitrogen and oxygen atoms in total. The molecule has 63 heavy (non-hydrogen) atoms. The zero-order valence-corrected chi connectivity index (χ0v) is 41.3. The monoisotopic (exact) mass is 879 g/mol. The van der Waals surface area contributed by atoms with Crippen LogP contribution in [0.5, 0.6) is 0 Å². The molecule has 6 heteroatoms. The molecule has 362 valence electrons. The molecule has 1 atom stereocenters. The Morgan fingerprint density at radius 1 is 0.333 bits per heavy atom. The molecule has 0 rings (SSSR count). The van der Waals surface area contributed by atoms with Crippen LogP contribution in [0.1, 0.15) is 252 Å². The van der Waals surface area contributed by atoms with Gasteiger partial charge in [-0.3, -0.25) is 14.4 Å². The Morgan fingerprint density at radius 3 is 0.968 bits per heavy atom. The molecule has 0 spiro atoms. The summed E-state index contributed by atoms with van der Waals surface area (Å²) in [6.45, 7) is 6.46. The molecule has 0 aliphatic heterocycles. The molecule has 0 amide bonds. The molecule has 0 radical (unpaired) electrons. The van der Waals surface area contributed by atoms with Gasteiger partial charge in [-0.05, 0) is 38.5 Å². The number of esters is 3. The lowest BCUT2D eigenvalue weighted by atomic mass is 10.0. The van der Waals surface area contributed by atoms with Crippen molar-refractivity contribution < 1.29 is 28.6 Å². The van der Waals surface area contributed by atoms with Crippen molar-refractivity contribution in [1.82, 2.24) is 0 Å². The van der Waals surface area contributed by atoms with Crippen molar-refractivity contribution in [1.29, 1.82) is 0 Å². The molecule has 0 N–H and O–H groups in total. The minimum Gasteiger partial charge on any atom is -0.462 e. The van der Waals surface area contributed by atoms with Gasteiger partial charge in [0.05, 0.1) is 0 Å². The van der Waals surface area contributed by atoms with Crippen LogP contribution < -0.4 is 0 Å². The van der Waals surface area contributed by atoms with Crippen molar-refractivity contribution in [2.75, 3.05) is 13.2 Å². The second-order valence-electron chi connectivity index (χ2n) is 17.6. The van der Waals surface area contributed by atoms with E-state index in [-0.39, 0.29) is 37.5 Å². The van der Waals surface area contributed by atoms with Gasteiger partial charge in [0.2, 0.25) is 0 Å². The number of ether oxygens (including phenoxy) is 3. The fourth-order valence-electron chi connectivity index (χ4n) is 7.42. The summed E-state index contributed by atoms with van der Waals surface area (Å²) in [6.07, 6.45) is 64.6. The maximum Gasteiger partial charge on any atom is 0.306 e. The summed E-state index contributed by atoms with van der Waals surface area (Å²) in [7, 11) is 0. The molecule has 0 aliphatic rings. The molecule has 0 aliphatic carbocycles. The number of hydrogen-bond acceptors (Lipinski definition) is 6. The van der Waals surface area contributed by atoms with Crippen LogP contribution in [0.3, 0.4) is 0 Å². The number of rotatable bonds is 47. The first-order valence-electron chi connectivity index (χ1n) is 26.5. The molecule has 0 aromatic carbocycles. The Balaban J connectivity index is 4.40. The molecular formula is C57H98O6. The van der Waals surface area contributed by atoms with E-state index < -0.39 is 6.10 Å². The van der Waals surface area contributed by atoms with Gasteiger partial charge in [0.1, 0.15) is 13.2 Å². The first kappa shape index (κ1) is 59.9. The van der Waals surface area contributed by atoms with Gasteiger partial charge >= 0.3 is 17.9 Å². The van der Waals surface area contributed by atoms with Gasteiger partial charge in [-0.15, -0.1) is 0 Å². The fraction of sp³-hybridized carbons (Fsp3) is 0.737. The molecule has 0 fully saturated rings. The fourth-order valence-corrected chi connectivity index (χ4v) is 7.42. The van der Waals surface area contributed by atoms with Crippen molar-refractivity contribution in [3.05, 3.63) is 72.9 Å². The van der Waals surface area contributed by atoms with E-state index in [1.54, 1.807) is 0 Å². The Bertz CT molecular complexity index is 1190. The average molecular weight is 879 g/mol. The highest BCUT2D eigenvalue weighted by atomic mass is 16.6. The van der Waals surface area contributed by atoms with E-state index in [0.717, 1.165) is 64.2 Å². The van der Waals surface area contributed by atoms with Crippen LogP contribution in [0, 0.1) is 0 Å². The second kappa shape index (κ2) is 51.5. The zero-order chi connectivity index (χ0) is 45.8. The van der Waals surface area contributed by atoms with Crippen LogP contribution in [-0.2, 0) is 28.6 Å². The highest BCUT2D eigenvalue weighted by molar-refractivity contribution is 5.71. The van der Waals surface area contributed by atoms with Gasteiger partial charge in [-0.2, -0.15) is 0 Å². The van der Waals surface area contributed by atoms with Gasteiger partial charge in [0.25, 0.3) is 0 Å². The summed E-state index contributed by atoms with van der Waals surface area (Å²) in [5.41, 5.74) is 0. The Kier molecular flexibility index (Phi) is 48.9. The number of carbonyl (C=O) groups is 3. The minimum atomic E-state index is -0.794. The van der Waals surface area contributed by atoms with Crippen LogP contribution in [0.4, 0.5) is 0 Å². The molecule has 0 bridgehead atoms. The van der Waals surface area contributed by atoms with Crippen molar-refractivity contribution >= 4 is 17.9 Å². The maximum absolute atomic E-state index is 12.8. The Morgan fingerprint density at radius 2 is 0.619 bits per heavy atom. The summed E-state index contributed by atoms with van der Waals surface area (Å²) in [4.78, 5) is 38.0. The average Bonchev–Trinajstić information content (AvgIpc) is 3.28. The zero-order valence-electron chi connectivity index (χ0n) is 41.3. The van der Waals surface area contributed by atoms with E-state index in [9.17, 15) is 14.4 Å². The van der Waals surface area contributed by atoms with E-state index in [4.69, 9.17) is 14.2 Å².